The lowest BCUT2D eigenvalue weighted by molar-refractivity contribution is -0.120. The second-order valence-corrected chi connectivity index (χ2v) is 6.71. The van der Waals surface area contributed by atoms with Crippen molar-refractivity contribution in [3.63, 3.8) is 0 Å². The molecular weight excluding hydrogens is 298 g/mol. The summed E-state index contributed by atoms with van der Waals surface area (Å²) in [6, 6.07) is 5.13. The molecule has 1 aromatic carbocycles. The van der Waals surface area contributed by atoms with Crippen molar-refractivity contribution in [1.29, 1.82) is 0 Å². The Bertz CT molecular complexity index is 519. The zero-order valence-electron chi connectivity index (χ0n) is 10.5. The number of anilines is 1. The van der Waals surface area contributed by atoms with Crippen molar-refractivity contribution >= 4 is 33.3 Å². The minimum absolute atomic E-state index is 0.0308. The SMILES string of the molecule is CN1C(=O)COc2ccc(C(=O)C(C)(C)Br)cc21. The molecule has 1 aromatic rings. The first-order chi connectivity index (χ1) is 8.30. The summed E-state index contributed by atoms with van der Waals surface area (Å²) in [6.07, 6.45) is 0. The summed E-state index contributed by atoms with van der Waals surface area (Å²) in [5, 5.41) is 0. The predicted molar refractivity (Wildman–Crippen MR) is 72.7 cm³/mol. The summed E-state index contributed by atoms with van der Waals surface area (Å²) < 4.78 is 4.69. The monoisotopic (exact) mass is 311 g/mol. The quantitative estimate of drug-likeness (QED) is 0.622. The fraction of sp³-hybridized carbons (Fsp3) is 0.385. The van der Waals surface area contributed by atoms with E-state index in [-0.39, 0.29) is 18.3 Å². The van der Waals surface area contributed by atoms with Gasteiger partial charge in [-0.3, -0.25) is 9.59 Å². The van der Waals surface area contributed by atoms with Gasteiger partial charge in [0.05, 0.1) is 10.0 Å². The number of hydrogen-bond acceptors (Lipinski definition) is 3. The lowest BCUT2D eigenvalue weighted by Gasteiger charge is -2.26. The first-order valence-electron chi connectivity index (χ1n) is 5.58. The van der Waals surface area contributed by atoms with Crippen molar-refractivity contribution in [2.45, 2.75) is 18.2 Å². The highest BCUT2D eigenvalue weighted by Crippen LogP contribution is 2.33. The molecule has 2 rings (SSSR count). The van der Waals surface area contributed by atoms with Crippen LogP contribution >= 0.6 is 15.9 Å². The van der Waals surface area contributed by atoms with Gasteiger partial charge in [0, 0.05) is 12.6 Å². The van der Waals surface area contributed by atoms with E-state index in [1.54, 1.807) is 39.1 Å². The summed E-state index contributed by atoms with van der Waals surface area (Å²) in [5.41, 5.74) is 1.19. The number of halogens is 1. The van der Waals surface area contributed by atoms with Crippen LogP contribution in [0.4, 0.5) is 5.69 Å². The number of fused-ring (bicyclic) bond motifs is 1. The molecule has 1 aliphatic rings. The zero-order valence-corrected chi connectivity index (χ0v) is 12.1. The molecule has 0 unspecified atom stereocenters. The maximum atomic E-state index is 12.1. The lowest BCUT2D eigenvalue weighted by Crippen LogP contribution is -2.35. The van der Waals surface area contributed by atoms with Crippen LogP contribution in [0.3, 0.4) is 0 Å². The molecule has 0 spiro atoms. The largest absolute Gasteiger partial charge is 0.482 e. The minimum Gasteiger partial charge on any atom is -0.482 e. The van der Waals surface area contributed by atoms with Crippen LogP contribution in [-0.2, 0) is 4.79 Å². The lowest BCUT2D eigenvalue weighted by atomic mass is 10.00. The van der Waals surface area contributed by atoms with Gasteiger partial charge in [-0.2, -0.15) is 0 Å². The summed E-state index contributed by atoms with van der Waals surface area (Å²) in [5.74, 6) is 0.475. The van der Waals surface area contributed by atoms with Crippen LogP contribution in [0, 0.1) is 0 Å². The molecule has 0 aliphatic carbocycles. The highest BCUT2D eigenvalue weighted by Gasteiger charge is 2.28. The normalized spacial score (nSPS) is 15.1. The fourth-order valence-electron chi connectivity index (χ4n) is 1.76. The van der Waals surface area contributed by atoms with Crippen molar-refractivity contribution in [2.75, 3.05) is 18.6 Å². The molecule has 18 heavy (non-hydrogen) atoms. The van der Waals surface area contributed by atoms with E-state index in [1.807, 2.05) is 0 Å². The number of Topliss-reactive ketones (excluding diaryl/α,β-unsaturated/α-hetero) is 1. The number of nitrogens with zero attached hydrogens (tertiary/aromatic N) is 1. The van der Waals surface area contributed by atoms with Gasteiger partial charge in [-0.1, -0.05) is 15.9 Å². The highest BCUT2D eigenvalue weighted by atomic mass is 79.9. The summed E-state index contributed by atoms with van der Waals surface area (Å²) in [7, 11) is 1.68. The van der Waals surface area contributed by atoms with E-state index in [0.717, 1.165) is 0 Å². The molecule has 0 saturated heterocycles. The third-order valence-corrected chi connectivity index (χ3v) is 3.21. The van der Waals surface area contributed by atoms with E-state index in [2.05, 4.69) is 15.9 Å². The number of carbonyl (C=O) groups excluding carboxylic acids is 2. The van der Waals surface area contributed by atoms with Crippen LogP contribution in [0.25, 0.3) is 0 Å². The van der Waals surface area contributed by atoms with E-state index in [0.29, 0.717) is 17.0 Å². The molecule has 0 radical (unpaired) electrons. The molecule has 0 fully saturated rings. The van der Waals surface area contributed by atoms with E-state index in [9.17, 15) is 9.59 Å². The third kappa shape index (κ3) is 2.27. The van der Waals surface area contributed by atoms with Gasteiger partial charge >= 0.3 is 0 Å². The second kappa shape index (κ2) is 4.39. The van der Waals surface area contributed by atoms with Crippen LogP contribution < -0.4 is 9.64 Å². The fourth-order valence-corrected chi connectivity index (χ4v) is 1.99. The van der Waals surface area contributed by atoms with E-state index in [1.165, 1.54) is 4.90 Å². The Hall–Kier alpha value is -1.36. The minimum atomic E-state index is -0.626. The van der Waals surface area contributed by atoms with Crippen LogP contribution in [-0.4, -0.2) is 29.7 Å². The molecule has 1 amide bonds. The van der Waals surface area contributed by atoms with Gasteiger partial charge in [-0.15, -0.1) is 0 Å². The molecule has 0 N–H and O–H groups in total. The molecule has 4 nitrogen and oxygen atoms in total. The average Bonchev–Trinajstić information content (AvgIpc) is 2.31. The van der Waals surface area contributed by atoms with Crippen LogP contribution in [0.1, 0.15) is 24.2 Å². The van der Waals surface area contributed by atoms with E-state index >= 15 is 0 Å². The number of benzene rings is 1. The molecule has 1 heterocycles. The number of ether oxygens (including phenoxy) is 1. The summed E-state index contributed by atoms with van der Waals surface area (Å²) >= 11 is 3.34. The highest BCUT2D eigenvalue weighted by molar-refractivity contribution is 9.10. The Morgan fingerprint density at radius 2 is 2.11 bits per heavy atom. The van der Waals surface area contributed by atoms with Crippen molar-refractivity contribution in [3.05, 3.63) is 23.8 Å². The summed E-state index contributed by atoms with van der Waals surface area (Å²) in [4.78, 5) is 25.2. The Labute approximate surface area is 114 Å². The standard InChI is InChI=1S/C13H14BrNO3/c1-13(2,14)12(17)8-4-5-10-9(6-8)15(3)11(16)7-18-10/h4-6H,7H2,1-3H3. The molecular formula is C13H14BrNO3. The number of rotatable bonds is 2. The van der Waals surface area contributed by atoms with Gasteiger partial charge in [0.25, 0.3) is 5.91 Å². The molecule has 0 aromatic heterocycles. The first-order valence-corrected chi connectivity index (χ1v) is 6.37. The van der Waals surface area contributed by atoms with Gasteiger partial charge in [0.1, 0.15) is 5.75 Å². The van der Waals surface area contributed by atoms with E-state index in [4.69, 9.17) is 4.74 Å². The smallest absolute Gasteiger partial charge is 0.264 e. The molecule has 0 bridgehead atoms. The maximum absolute atomic E-state index is 12.1. The van der Waals surface area contributed by atoms with Crippen LogP contribution in [0.2, 0.25) is 0 Å². The first kappa shape index (κ1) is 13.1. The topological polar surface area (TPSA) is 46.6 Å². The maximum Gasteiger partial charge on any atom is 0.264 e. The molecule has 5 heteroatoms. The Morgan fingerprint density at radius 3 is 2.72 bits per heavy atom. The Balaban J connectivity index is 2.44. The van der Waals surface area contributed by atoms with Crippen LogP contribution in [0.5, 0.6) is 5.75 Å². The van der Waals surface area contributed by atoms with Gasteiger partial charge in [0.2, 0.25) is 0 Å². The Kier molecular flexibility index (Phi) is 3.19. The van der Waals surface area contributed by atoms with E-state index < -0.39 is 4.32 Å². The molecule has 0 atom stereocenters. The molecule has 96 valence electrons. The third-order valence-electron chi connectivity index (χ3n) is 2.85. The second-order valence-electron chi connectivity index (χ2n) is 4.73. The van der Waals surface area contributed by atoms with Gasteiger partial charge in [-0.25, -0.2) is 0 Å². The van der Waals surface area contributed by atoms with Crippen molar-refractivity contribution in [3.8, 4) is 5.75 Å². The number of likely N-dealkylation sites (N-methyl/N-ethyl adjacent to an activating group) is 1. The van der Waals surface area contributed by atoms with Gasteiger partial charge in [0.15, 0.2) is 12.4 Å². The zero-order chi connectivity index (χ0) is 13.5. The Morgan fingerprint density at radius 1 is 1.44 bits per heavy atom. The van der Waals surface area contributed by atoms with Crippen molar-refractivity contribution in [1.82, 2.24) is 0 Å². The number of ketones is 1. The predicted octanol–water partition coefficient (Wildman–Crippen LogP) is 2.40. The van der Waals surface area contributed by atoms with Crippen molar-refractivity contribution in [2.24, 2.45) is 0 Å². The van der Waals surface area contributed by atoms with Crippen molar-refractivity contribution < 1.29 is 14.3 Å². The van der Waals surface area contributed by atoms with Crippen LogP contribution in [0.15, 0.2) is 18.2 Å². The van der Waals surface area contributed by atoms with Gasteiger partial charge in [-0.05, 0) is 32.0 Å². The number of alkyl halides is 1. The number of carbonyl (C=O) groups is 2. The number of amides is 1. The number of hydrogen-bond donors (Lipinski definition) is 0. The summed E-state index contributed by atoms with van der Waals surface area (Å²) in [6.45, 7) is 3.63. The average molecular weight is 312 g/mol. The van der Waals surface area contributed by atoms with Gasteiger partial charge < -0.3 is 9.64 Å². The molecule has 0 saturated carbocycles. The molecule has 1 aliphatic heterocycles.